The highest BCUT2D eigenvalue weighted by Crippen LogP contribution is 2.37. The molecule has 0 aliphatic heterocycles. The molecule has 1 amide bonds. The SMILES string of the molecule is COc1cc(C(=O)N(C)C(C)c2cccc([N+](=O)[O-])c2)cc(Cl)c1OCC(C)C. The Bertz CT molecular complexity index is 901. The Morgan fingerprint density at radius 3 is 2.52 bits per heavy atom. The molecular formula is C21H25ClN2O5. The number of carbonyl (C=O) groups is 1. The van der Waals surface area contributed by atoms with Crippen molar-refractivity contribution in [3.63, 3.8) is 0 Å². The Hall–Kier alpha value is -2.80. The van der Waals surface area contributed by atoms with Gasteiger partial charge in [-0.3, -0.25) is 14.9 Å². The van der Waals surface area contributed by atoms with Crippen LogP contribution in [0.5, 0.6) is 11.5 Å². The molecule has 0 fully saturated rings. The van der Waals surface area contributed by atoms with Gasteiger partial charge in [-0.1, -0.05) is 37.6 Å². The molecule has 2 rings (SSSR count). The Kier molecular flexibility index (Phi) is 7.45. The number of nitro benzene ring substituents is 1. The third-order valence-electron chi connectivity index (χ3n) is 4.50. The fourth-order valence-corrected chi connectivity index (χ4v) is 3.00. The molecule has 0 N–H and O–H groups in total. The van der Waals surface area contributed by atoms with Gasteiger partial charge in [0, 0.05) is 24.7 Å². The fraction of sp³-hybridized carbons (Fsp3) is 0.381. The van der Waals surface area contributed by atoms with Gasteiger partial charge in [-0.15, -0.1) is 0 Å². The van der Waals surface area contributed by atoms with Crippen molar-refractivity contribution < 1.29 is 19.2 Å². The van der Waals surface area contributed by atoms with Gasteiger partial charge in [0.15, 0.2) is 11.5 Å². The second-order valence-corrected chi connectivity index (χ2v) is 7.55. The van der Waals surface area contributed by atoms with Crippen LogP contribution in [0.4, 0.5) is 5.69 Å². The molecule has 1 atom stereocenters. The predicted molar refractivity (Wildman–Crippen MR) is 112 cm³/mol. The molecule has 0 saturated carbocycles. The summed E-state index contributed by atoms with van der Waals surface area (Å²) in [6, 6.07) is 8.97. The van der Waals surface area contributed by atoms with Gasteiger partial charge in [-0.2, -0.15) is 0 Å². The first-order valence-corrected chi connectivity index (χ1v) is 9.55. The number of benzene rings is 2. The Labute approximate surface area is 175 Å². The highest BCUT2D eigenvalue weighted by atomic mass is 35.5. The number of amides is 1. The second-order valence-electron chi connectivity index (χ2n) is 7.14. The number of hydrogen-bond acceptors (Lipinski definition) is 5. The fourth-order valence-electron chi connectivity index (χ4n) is 2.73. The molecule has 0 aliphatic carbocycles. The highest BCUT2D eigenvalue weighted by Gasteiger charge is 2.23. The highest BCUT2D eigenvalue weighted by molar-refractivity contribution is 6.32. The van der Waals surface area contributed by atoms with Gasteiger partial charge in [0.25, 0.3) is 11.6 Å². The summed E-state index contributed by atoms with van der Waals surface area (Å²) in [5.74, 6) is 0.783. The van der Waals surface area contributed by atoms with Crippen LogP contribution in [0.15, 0.2) is 36.4 Å². The van der Waals surface area contributed by atoms with Crippen LogP contribution in [-0.2, 0) is 0 Å². The van der Waals surface area contributed by atoms with E-state index in [0.29, 0.717) is 35.2 Å². The van der Waals surface area contributed by atoms with Gasteiger partial charge in [0.1, 0.15) is 0 Å². The Balaban J connectivity index is 2.29. The number of halogens is 1. The Morgan fingerprint density at radius 1 is 1.24 bits per heavy atom. The zero-order valence-corrected chi connectivity index (χ0v) is 17.9. The molecule has 0 spiro atoms. The number of carbonyl (C=O) groups excluding carboxylic acids is 1. The van der Waals surface area contributed by atoms with Crippen LogP contribution in [-0.4, -0.2) is 36.5 Å². The molecule has 0 aliphatic rings. The molecule has 2 aromatic carbocycles. The third-order valence-corrected chi connectivity index (χ3v) is 4.78. The van der Waals surface area contributed by atoms with Crippen molar-refractivity contribution in [2.75, 3.05) is 20.8 Å². The summed E-state index contributed by atoms with van der Waals surface area (Å²) in [6.45, 7) is 6.30. The van der Waals surface area contributed by atoms with Crippen molar-refractivity contribution in [3.8, 4) is 11.5 Å². The van der Waals surface area contributed by atoms with Crippen molar-refractivity contribution in [2.45, 2.75) is 26.8 Å². The molecule has 8 heteroatoms. The molecule has 1 unspecified atom stereocenters. The summed E-state index contributed by atoms with van der Waals surface area (Å²) >= 11 is 6.35. The van der Waals surface area contributed by atoms with Crippen molar-refractivity contribution >= 4 is 23.2 Å². The molecule has 156 valence electrons. The van der Waals surface area contributed by atoms with Crippen LogP contribution in [0.3, 0.4) is 0 Å². The number of rotatable bonds is 8. The minimum absolute atomic E-state index is 0.0217. The largest absolute Gasteiger partial charge is 0.493 e. The average molecular weight is 421 g/mol. The van der Waals surface area contributed by atoms with E-state index >= 15 is 0 Å². The Morgan fingerprint density at radius 2 is 1.93 bits per heavy atom. The minimum atomic E-state index is -0.460. The quantitative estimate of drug-likeness (QED) is 0.437. The molecule has 0 aromatic heterocycles. The maximum atomic E-state index is 13.0. The maximum Gasteiger partial charge on any atom is 0.269 e. The van der Waals surface area contributed by atoms with E-state index in [1.54, 1.807) is 38.2 Å². The lowest BCUT2D eigenvalue weighted by Gasteiger charge is -2.26. The molecule has 29 heavy (non-hydrogen) atoms. The first-order chi connectivity index (χ1) is 13.6. The van der Waals surface area contributed by atoms with Gasteiger partial charge >= 0.3 is 0 Å². The van der Waals surface area contributed by atoms with Crippen LogP contribution in [0, 0.1) is 16.0 Å². The van der Waals surface area contributed by atoms with Gasteiger partial charge in [0.2, 0.25) is 0 Å². The van der Waals surface area contributed by atoms with E-state index in [-0.39, 0.29) is 22.7 Å². The number of nitro groups is 1. The van der Waals surface area contributed by atoms with Crippen molar-refractivity contribution in [3.05, 3.63) is 62.7 Å². The van der Waals surface area contributed by atoms with Gasteiger partial charge in [-0.25, -0.2) is 0 Å². The molecule has 0 saturated heterocycles. The smallest absolute Gasteiger partial charge is 0.269 e. The average Bonchev–Trinajstić information content (AvgIpc) is 2.70. The summed E-state index contributed by atoms with van der Waals surface area (Å²) < 4.78 is 11.1. The van der Waals surface area contributed by atoms with E-state index in [9.17, 15) is 14.9 Å². The van der Waals surface area contributed by atoms with E-state index in [1.165, 1.54) is 24.1 Å². The molecule has 7 nitrogen and oxygen atoms in total. The van der Waals surface area contributed by atoms with E-state index in [4.69, 9.17) is 21.1 Å². The first-order valence-electron chi connectivity index (χ1n) is 9.17. The minimum Gasteiger partial charge on any atom is -0.493 e. The molecule has 0 bridgehead atoms. The van der Waals surface area contributed by atoms with Gasteiger partial charge in [-0.05, 0) is 30.5 Å². The van der Waals surface area contributed by atoms with Crippen LogP contribution in [0.2, 0.25) is 5.02 Å². The predicted octanol–water partition coefficient (Wildman–Crippen LogP) is 5.12. The molecular weight excluding hydrogens is 396 g/mol. The van der Waals surface area contributed by atoms with Crippen LogP contribution >= 0.6 is 11.6 Å². The van der Waals surface area contributed by atoms with Crippen molar-refractivity contribution in [2.24, 2.45) is 5.92 Å². The lowest BCUT2D eigenvalue weighted by Crippen LogP contribution is -2.29. The first kappa shape index (κ1) is 22.5. The van der Waals surface area contributed by atoms with Crippen molar-refractivity contribution in [1.82, 2.24) is 4.90 Å². The van der Waals surface area contributed by atoms with E-state index in [2.05, 4.69) is 0 Å². The zero-order valence-electron chi connectivity index (χ0n) is 17.1. The van der Waals surface area contributed by atoms with Gasteiger partial charge in [0.05, 0.1) is 29.7 Å². The maximum absolute atomic E-state index is 13.0. The lowest BCUT2D eigenvalue weighted by molar-refractivity contribution is -0.384. The number of methoxy groups -OCH3 is 1. The van der Waals surface area contributed by atoms with Crippen LogP contribution < -0.4 is 9.47 Å². The number of ether oxygens (including phenoxy) is 2. The van der Waals surface area contributed by atoms with Gasteiger partial charge < -0.3 is 14.4 Å². The summed E-state index contributed by atoms with van der Waals surface area (Å²) in [5.41, 5.74) is 0.972. The molecule has 0 heterocycles. The van der Waals surface area contributed by atoms with E-state index in [1.807, 2.05) is 13.8 Å². The zero-order chi connectivity index (χ0) is 21.7. The van der Waals surface area contributed by atoms with Crippen LogP contribution in [0.25, 0.3) is 0 Å². The standard InChI is InChI=1S/C21H25ClN2O5/c1-13(2)12-29-20-18(22)10-16(11-19(20)28-5)21(25)23(4)14(3)15-7-6-8-17(9-15)24(26)27/h6-11,13-14H,12H2,1-5H3. The topological polar surface area (TPSA) is 81.9 Å². The van der Waals surface area contributed by atoms with Crippen molar-refractivity contribution in [1.29, 1.82) is 0 Å². The van der Waals surface area contributed by atoms with Crippen LogP contribution in [0.1, 0.15) is 42.7 Å². The number of non-ortho nitro benzene ring substituents is 1. The summed E-state index contributed by atoms with van der Waals surface area (Å²) in [5, 5.41) is 11.3. The monoisotopic (exact) mass is 420 g/mol. The number of nitrogens with zero attached hydrogens (tertiary/aromatic N) is 2. The van der Waals surface area contributed by atoms with E-state index in [0.717, 1.165) is 0 Å². The summed E-state index contributed by atoms with van der Waals surface area (Å²) in [6.07, 6.45) is 0. The third kappa shape index (κ3) is 5.38. The molecule has 2 aromatic rings. The summed E-state index contributed by atoms with van der Waals surface area (Å²) in [7, 11) is 3.12. The molecule has 0 radical (unpaired) electrons. The lowest BCUT2D eigenvalue weighted by atomic mass is 10.1. The second kappa shape index (κ2) is 9.60. The van der Waals surface area contributed by atoms with E-state index < -0.39 is 4.92 Å². The number of hydrogen-bond donors (Lipinski definition) is 0. The summed E-state index contributed by atoms with van der Waals surface area (Å²) in [4.78, 5) is 25.1. The normalized spacial score (nSPS) is 11.8.